The largest absolute Gasteiger partial charge is 0.367 e. The molecule has 0 unspecified atom stereocenters. The molecule has 0 aromatic heterocycles. The van der Waals surface area contributed by atoms with Crippen molar-refractivity contribution in [1.29, 1.82) is 0 Å². The highest BCUT2D eigenvalue weighted by Gasteiger charge is 2.29. The predicted octanol–water partition coefficient (Wildman–Crippen LogP) is 1.77. The van der Waals surface area contributed by atoms with Crippen molar-refractivity contribution in [2.75, 3.05) is 0 Å². The molecular weight excluding hydrogens is 262 g/mol. The van der Waals surface area contributed by atoms with Gasteiger partial charge in [0.05, 0.1) is 0 Å². The van der Waals surface area contributed by atoms with Crippen molar-refractivity contribution in [2.24, 2.45) is 5.73 Å². The van der Waals surface area contributed by atoms with E-state index in [1.807, 2.05) is 60.7 Å². The van der Waals surface area contributed by atoms with Crippen molar-refractivity contribution < 1.29 is 4.79 Å². The molecule has 2 aromatic rings. The molecule has 1 amide bonds. The zero-order valence-corrected chi connectivity index (χ0v) is 12.2. The minimum absolute atomic E-state index is 0.422. The van der Waals surface area contributed by atoms with E-state index < -0.39 is 11.6 Å². The molecule has 0 bridgehead atoms. The van der Waals surface area contributed by atoms with Gasteiger partial charge in [-0.25, -0.2) is 0 Å². The van der Waals surface area contributed by atoms with Crippen LogP contribution in [0.4, 0.5) is 0 Å². The van der Waals surface area contributed by atoms with Crippen molar-refractivity contribution in [2.45, 2.75) is 25.7 Å². The van der Waals surface area contributed by atoms with Crippen molar-refractivity contribution in [3.05, 3.63) is 71.8 Å². The lowest BCUT2D eigenvalue weighted by atomic mass is 10.1. The zero-order valence-electron chi connectivity index (χ0n) is 12.2. The monoisotopic (exact) mass is 283 g/mol. The van der Waals surface area contributed by atoms with Crippen LogP contribution in [0, 0.1) is 0 Å². The van der Waals surface area contributed by atoms with Crippen LogP contribution in [0.1, 0.15) is 18.1 Å². The molecule has 0 aliphatic heterocycles. The van der Waals surface area contributed by atoms with E-state index in [4.69, 9.17) is 5.73 Å². The molecule has 0 heterocycles. The Hall–Kier alpha value is -2.17. The first-order chi connectivity index (χ1) is 10.1. The molecule has 4 nitrogen and oxygen atoms in total. The Kier molecular flexibility index (Phi) is 5.09. The third kappa shape index (κ3) is 4.41. The van der Waals surface area contributed by atoms with Crippen LogP contribution in [0.3, 0.4) is 0 Å². The maximum Gasteiger partial charge on any atom is 0.252 e. The molecule has 4 heteroatoms. The second-order valence-electron chi connectivity index (χ2n) is 5.17. The first kappa shape index (κ1) is 15.2. The highest BCUT2D eigenvalue weighted by Crippen LogP contribution is 2.06. The van der Waals surface area contributed by atoms with Gasteiger partial charge in [0, 0.05) is 13.1 Å². The number of nitrogens with one attached hydrogen (secondary N) is 2. The van der Waals surface area contributed by atoms with E-state index in [1.54, 1.807) is 6.92 Å². The summed E-state index contributed by atoms with van der Waals surface area (Å²) in [5.74, 6) is -0.422. The number of hydrogen-bond donors (Lipinski definition) is 3. The highest BCUT2D eigenvalue weighted by atomic mass is 16.2. The molecule has 0 radical (unpaired) electrons. The smallest absolute Gasteiger partial charge is 0.252 e. The lowest BCUT2D eigenvalue weighted by Crippen LogP contribution is -2.62. The molecule has 0 fully saturated rings. The summed E-state index contributed by atoms with van der Waals surface area (Å²) in [6.07, 6.45) is 0. The molecule has 0 saturated carbocycles. The topological polar surface area (TPSA) is 67.2 Å². The molecule has 0 aliphatic carbocycles. The van der Waals surface area contributed by atoms with E-state index in [0.29, 0.717) is 13.1 Å². The fourth-order valence-electron chi connectivity index (χ4n) is 1.99. The maximum atomic E-state index is 11.8. The van der Waals surface area contributed by atoms with Crippen LogP contribution in [-0.4, -0.2) is 11.6 Å². The van der Waals surface area contributed by atoms with Gasteiger partial charge in [-0.05, 0) is 18.1 Å². The summed E-state index contributed by atoms with van der Waals surface area (Å²) >= 11 is 0. The van der Waals surface area contributed by atoms with E-state index >= 15 is 0 Å². The van der Waals surface area contributed by atoms with E-state index in [1.165, 1.54) is 0 Å². The third-order valence-electron chi connectivity index (χ3n) is 3.47. The van der Waals surface area contributed by atoms with Gasteiger partial charge in [-0.3, -0.25) is 15.4 Å². The number of benzene rings is 2. The molecular formula is C17H21N3O. The second-order valence-corrected chi connectivity index (χ2v) is 5.17. The van der Waals surface area contributed by atoms with Gasteiger partial charge in [-0.1, -0.05) is 60.7 Å². The normalized spacial score (nSPS) is 11.3. The molecule has 0 aliphatic rings. The quantitative estimate of drug-likeness (QED) is 0.678. The van der Waals surface area contributed by atoms with Crippen LogP contribution in [0.5, 0.6) is 0 Å². The standard InChI is InChI=1S/C17H21N3O/c1-17(16(18)21,19-12-14-8-4-2-5-9-14)20-13-15-10-6-3-7-11-15/h2-11,19-20H,12-13H2,1H3,(H2,18,21). The second kappa shape index (κ2) is 7.02. The molecule has 4 N–H and O–H groups in total. The summed E-state index contributed by atoms with van der Waals surface area (Å²) in [6.45, 7) is 2.91. The van der Waals surface area contributed by atoms with Crippen LogP contribution in [-0.2, 0) is 17.9 Å². The summed E-state index contributed by atoms with van der Waals surface area (Å²) < 4.78 is 0. The van der Waals surface area contributed by atoms with E-state index in [0.717, 1.165) is 11.1 Å². The summed E-state index contributed by atoms with van der Waals surface area (Å²) in [6, 6.07) is 19.8. The number of carbonyl (C=O) groups excluding carboxylic acids is 1. The fourth-order valence-corrected chi connectivity index (χ4v) is 1.99. The van der Waals surface area contributed by atoms with Crippen molar-refractivity contribution in [3.8, 4) is 0 Å². The SMILES string of the molecule is CC(NCc1ccccc1)(NCc1ccccc1)C(N)=O. The fraction of sp³-hybridized carbons (Fsp3) is 0.235. The molecule has 2 aromatic carbocycles. The molecule has 2 rings (SSSR count). The van der Waals surface area contributed by atoms with Gasteiger partial charge in [0.15, 0.2) is 0 Å². The summed E-state index contributed by atoms with van der Waals surface area (Å²) in [7, 11) is 0. The summed E-state index contributed by atoms with van der Waals surface area (Å²) in [5, 5.41) is 6.39. The highest BCUT2D eigenvalue weighted by molar-refractivity contribution is 5.83. The average Bonchev–Trinajstić information content (AvgIpc) is 2.53. The number of amides is 1. The van der Waals surface area contributed by atoms with Gasteiger partial charge in [-0.15, -0.1) is 0 Å². The number of primary amides is 1. The van der Waals surface area contributed by atoms with Crippen LogP contribution < -0.4 is 16.4 Å². The van der Waals surface area contributed by atoms with Crippen LogP contribution in [0.25, 0.3) is 0 Å². The number of hydrogen-bond acceptors (Lipinski definition) is 3. The Balaban J connectivity index is 1.97. The van der Waals surface area contributed by atoms with Crippen molar-refractivity contribution in [1.82, 2.24) is 10.6 Å². The van der Waals surface area contributed by atoms with Gasteiger partial charge in [-0.2, -0.15) is 0 Å². The number of carbonyl (C=O) groups is 1. The van der Waals surface area contributed by atoms with Crippen LogP contribution in [0.15, 0.2) is 60.7 Å². The summed E-state index contributed by atoms with van der Waals surface area (Å²) in [5.41, 5.74) is 6.79. The van der Waals surface area contributed by atoms with Crippen LogP contribution in [0.2, 0.25) is 0 Å². The number of rotatable bonds is 7. The van der Waals surface area contributed by atoms with E-state index in [9.17, 15) is 4.79 Å². The van der Waals surface area contributed by atoms with Crippen molar-refractivity contribution in [3.63, 3.8) is 0 Å². The van der Waals surface area contributed by atoms with Gasteiger partial charge in [0.1, 0.15) is 5.66 Å². The molecule has 0 atom stereocenters. The minimum atomic E-state index is -0.953. The lowest BCUT2D eigenvalue weighted by Gasteiger charge is -2.29. The number of nitrogens with two attached hydrogens (primary N) is 1. The van der Waals surface area contributed by atoms with E-state index in [-0.39, 0.29) is 0 Å². The van der Waals surface area contributed by atoms with Gasteiger partial charge < -0.3 is 5.73 Å². The molecule has 110 valence electrons. The maximum absolute atomic E-state index is 11.8. The average molecular weight is 283 g/mol. The molecule has 21 heavy (non-hydrogen) atoms. The molecule has 0 saturated heterocycles. The first-order valence-corrected chi connectivity index (χ1v) is 6.98. The molecule has 0 spiro atoms. The Morgan fingerprint density at radius 2 is 1.29 bits per heavy atom. The zero-order chi connectivity index (χ0) is 15.1. The summed E-state index contributed by atoms with van der Waals surface area (Å²) in [4.78, 5) is 11.8. The third-order valence-corrected chi connectivity index (χ3v) is 3.47. The predicted molar refractivity (Wildman–Crippen MR) is 84.2 cm³/mol. The van der Waals surface area contributed by atoms with Gasteiger partial charge in [0.25, 0.3) is 5.91 Å². The minimum Gasteiger partial charge on any atom is -0.367 e. The van der Waals surface area contributed by atoms with Gasteiger partial charge >= 0.3 is 0 Å². The lowest BCUT2D eigenvalue weighted by molar-refractivity contribution is -0.125. The Morgan fingerprint density at radius 3 is 1.62 bits per heavy atom. The Bertz CT molecular complexity index is 526. The van der Waals surface area contributed by atoms with Gasteiger partial charge in [0.2, 0.25) is 0 Å². The Morgan fingerprint density at radius 1 is 0.905 bits per heavy atom. The first-order valence-electron chi connectivity index (χ1n) is 6.98. The van der Waals surface area contributed by atoms with E-state index in [2.05, 4.69) is 10.6 Å². The Labute approximate surface area is 125 Å². The van der Waals surface area contributed by atoms with Crippen molar-refractivity contribution >= 4 is 5.91 Å². The van der Waals surface area contributed by atoms with Crippen LogP contribution >= 0.6 is 0 Å².